The second-order valence-corrected chi connectivity index (χ2v) is 8.58. The molecule has 7 heteroatoms. The van der Waals surface area contributed by atoms with Gasteiger partial charge in [0.1, 0.15) is 0 Å². The molecule has 32 heavy (non-hydrogen) atoms. The van der Waals surface area contributed by atoms with Crippen molar-refractivity contribution in [3.63, 3.8) is 0 Å². The summed E-state index contributed by atoms with van der Waals surface area (Å²) >= 11 is 1.39. The van der Waals surface area contributed by atoms with E-state index in [1.54, 1.807) is 17.4 Å². The average molecular weight is 444 g/mol. The van der Waals surface area contributed by atoms with E-state index in [2.05, 4.69) is 9.55 Å². The van der Waals surface area contributed by atoms with Crippen LogP contribution in [-0.2, 0) is 4.74 Å². The number of esters is 1. The highest BCUT2D eigenvalue weighted by atomic mass is 32.1. The number of hydrogen-bond donors (Lipinski definition) is 0. The Morgan fingerprint density at radius 1 is 1.12 bits per heavy atom. The number of nitrogens with zero attached hydrogens (tertiary/aromatic N) is 3. The molecule has 0 saturated carbocycles. The first kappa shape index (κ1) is 20.2. The van der Waals surface area contributed by atoms with Crippen LogP contribution < -0.4 is 10.1 Å². The number of rotatable bonds is 4. The van der Waals surface area contributed by atoms with Crippen LogP contribution >= 0.6 is 11.3 Å². The van der Waals surface area contributed by atoms with E-state index in [4.69, 9.17) is 4.74 Å². The maximum Gasteiger partial charge on any atom is 0.338 e. The molecule has 0 bridgehead atoms. The number of ether oxygens (including phenoxy) is 1. The van der Waals surface area contributed by atoms with Crippen LogP contribution in [0.3, 0.4) is 0 Å². The van der Waals surface area contributed by atoms with Crippen LogP contribution in [-0.4, -0.2) is 26.5 Å². The first-order valence-corrected chi connectivity index (χ1v) is 11.2. The van der Waals surface area contributed by atoms with Gasteiger partial charge in [-0.05, 0) is 68.8 Å². The van der Waals surface area contributed by atoms with E-state index in [0.29, 0.717) is 21.7 Å². The van der Waals surface area contributed by atoms with E-state index in [9.17, 15) is 9.59 Å². The summed E-state index contributed by atoms with van der Waals surface area (Å²) in [5, 5.41) is 0. The lowest BCUT2D eigenvalue weighted by atomic mass is 10.2. The third kappa shape index (κ3) is 3.22. The Balaban J connectivity index is 1.62. The predicted octanol–water partition coefficient (Wildman–Crippen LogP) is 4.04. The Morgan fingerprint density at radius 2 is 1.94 bits per heavy atom. The van der Waals surface area contributed by atoms with E-state index in [0.717, 1.165) is 33.7 Å². The lowest BCUT2D eigenvalue weighted by Crippen LogP contribution is -2.22. The summed E-state index contributed by atoms with van der Waals surface area (Å²) in [4.78, 5) is 30.5. The zero-order valence-electron chi connectivity index (χ0n) is 18.0. The van der Waals surface area contributed by atoms with Crippen LogP contribution in [0.5, 0.6) is 0 Å². The highest BCUT2D eigenvalue weighted by Gasteiger charge is 2.14. The van der Waals surface area contributed by atoms with Gasteiger partial charge in [-0.3, -0.25) is 4.79 Å². The highest BCUT2D eigenvalue weighted by molar-refractivity contribution is 7.15. The Hall–Kier alpha value is -3.71. The molecule has 6 nitrogen and oxygen atoms in total. The van der Waals surface area contributed by atoms with Crippen LogP contribution in [0.25, 0.3) is 27.8 Å². The van der Waals surface area contributed by atoms with Gasteiger partial charge >= 0.3 is 5.97 Å². The van der Waals surface area contributed by atoms with Gasteiger partial charge in [0.05, 0.1) is 27.7 Å². The molecule has 0 aliphatic rings. The number of carbonyl (C=O) groups excluding carboxylic acids is 1. The van der Waals surface area contributed by atoms with E-state index in [-0.39, 0.29) is 11.5 Å². The van der Waals surface area contributed by atoms with Crippen molar-refractivity contribution in [2.75, 3.05) is 6.61 Å². The van der Waals surface area contributed by atoms with Gasteiger partial charge in [0, 0.05) is 17.1 Å². The van der Waals surface area contributed by atoms with Gasteiger partial charge in [0.15, 0.2) is 4.96 Å². The van der Waals surface area contributed by atoms with E-state index in [1.165, 1.54) is 11.3 Å². The van der Waals surface area contributed by atoms with Gasteiger partial charge in [0.2, 0.25) is 0 Å². The van der Waals surface area contributed by atoms with Crippen molar-refractivity contribution in [1.82, 2.24) is 14.0 Å². The van der Waals surface area contributed by atoms with Crippen LogP contribution in [0.1, 0.15) is 34.2 Å². The number of aryl methyl sites for hydroxylation is 1. The Labute approximate surface area is 188 Å². The smallest absolute Gasteiger partial charge is 0.338 e. The molecule has 5 aromatic rings. The molecule has 0 atom stereocenters. The Kier molecular flexibility index (Phi) is 4.90. The minimum atomic E-state index is -0.339. The molecule has 0 saturated heterocycles. The summed E-state index contributed by atoms with van der Waals surface area (Å²) in [5.74, 6) is -0.339. The third-order valence-electron chi connectivity index (χ3n) is 5.52. The summed E-state index contributed by atoms with van der Waals surface area (Å²) in [6, 6.07) is 17.1. The fraction of sp³-hybridized carbons (Fsp3) is 0.160. The molecular weight excluding hydrogens is 422 g/mol. The third-order valence-corrected chi connectivity index (χ3v) is 6.49. The molecule has 2 aromatic carbocycles. The van der Waals surface area contributed by atoms with Gasteiger partial charge in [-0.2, -0.15) is 0 Å². The summed E-state index contributed by atoms with van der Waals surface area (Å²) in [6.07, 6.45) is 1.92. The molecule has 0 unspecified atom stereocenters. The van der Waals surface area contributed by atoms with E-state index in [1.807, 2.05) is 68.5 Å². The van der Waals surface area contributed by atoms with Crippen molar-refractivity contribution in [2.24, 2.45) is 0 Å². The van der Waals surface area contributed by atoms with Crippen molar-refractivity contribution in [3.05, 3.63) is 92.0 Å². The van der Waals surface area contributed by atoms with Crippen LogP contribution in [0.2, 0.25) is 0 Å². The summed E-state index contributed by atoms with van der Waals surface area (Å²) in [5.41, 5.74) is 5.91. The van der Waals surface area contributed by atoms with Crippen molar-refractivity contribution < 1.29 is 9.53 Å². The quantitative estimate of drug-likeness (QED) is 0.393. The van der Waals surface area contributed by atoms with E-state index >= 15 is 0 Å². The second-order valence-electron chi connectivity index (χ2n) is 7.57. The number of carbonyl (C=O) groups is 1. The maximum absolute atomic E-state index is 13.1. The van der Waals surface area contributed by atoms with Crippen LogP contribution in [0.15, 0.2) is 59.4 Å². The lowest BCUT2D eigenvalue weighted by molar-refractivity contribution is 0.0526. The lowest BCUT2D eigenvalue weighted by Gasteiger charge is -2.11. The molecule has 3 aromatic heterocycles. The Morgan fingerprint density at radius 3 is 2.75 bits per heavy atom. The molecule has 0 aliphatic heterocycles. The first-order valence-electron chi connectivity index (χ1n) is 10.4. The van der Waals surface area contributed by atoms with Gasteiger partial charge < -0.3 is 9.30 Å². The SMILES string of the molecule is CCOC(=O)c1cccc(-n2c(C)cc(/C=c3/sc4nc5ccccc5n4c3=O)c2C)c1. The fourth-order valence-corrected chi connectivity index (χ4v) is 5.05. The number of thiazole rings is 1. The average Bonchev–Trinajstić information content (AvgIpc) is 3.39. The first-order chi connectivity index (χ1) is 15.5. The number of imidazole rings is 1. The molecule has 160 valence electrons. The topological polar surface area (TPSA) is 65.6 Å². The molecule has 0 aliphatic carbocycles. The molecule has 5 rings (SSSR count). The van der Waals surface area contributed by atoms with Crippen molar-refractivity contribution in [3.8, 4) is 5.69 Å². The van der Waals surface area contributed by atoms with Gasteiger partial charge in [-0.25, -0.2) is 14.2 Å². The number of hydrogen-bond acceptors (Lipinski definition) is 5. The number of benzene rings is 2. The molecule has 0 N–H and O–H groups in total. The normalized spacial score (nSPS) is 12.2. The van der Waals surface area contributed by atoms with Crippen molar-refractivity contribution >= 4 is 39.4 Å². The maximum atomic E-state index is 13.1. The Bertz CT molecular complexity index is 1610. The van der Waals surface area contributed by atoms with Crippen molar-refractivity contribution in [1.29, 1.82) is 0 Å². The minimum absolute atomic E-state index is 0.0622. The van der Waals surface area contributed by atoms with Crippen LogP contribution in [0.4, 0.5) is 0 Å². The minimum Gasteiger partial charge on any atom is -0.462 e. The molecule has 0 fully saturated rings. The monoisotopic (exact) mass is 443 g/mol. The predicted molar refractivity (Wildman–Crippen MR) is 127 cm³/mol. The zero-order valence-corrected chi connectivity index (χ0v) is 18.8. The molecule has 3 heterocycles. The van der Waals surface area contributed by atoms with Gasteiger partial charge in [-0.15, -0.1) is 0 Å². The highest BCUT2D eigenvalue weighted by Crippen LogP contribution is 2.23. The summed E-state index contributed by atoms with van der Waals surface area (Å²) < 4.78 is 9.52. The standard InChI is InChI=1S/C25H21N3O3S/c1-4-31-24(30)17-8-7-9-19(13-17)27-15(2)12-18(16(27)3)14-22-23(29)28-21-11-6-5-10-20(21)26-25(28)32-22/h5-14H,4H2,1-3H3/b22-14+. The van der Waals surface area contributed by atoms with Crippen molar-refractivity contribution in [2.45, 2.75) is 20.8 Å². The largest absolute Gasteiger partial charge is 0.462 e. The van der Waals surface area contributed by atoms with Gasteiger partial charge in [-0.1, -0.05) is 29.5 Å². The summed E-state index contributed by atoms with van der Waals surface area (Å²) in [6.45, 7) is 6.14. The van der Waals surface area contributed by atoms with Gasteiger partial charge in [0.25, 0.3) is 5.56 Å². The van der Waals surface area contributed by atoms with E-state index < -0.39 is 0 Å². The molecular formula is C25H21N3O3S. The molecule has 0 radical (unpaired) electrons. The number of para-hydroxylation sites is 2. The molecule has 0 spiro atoms. The number of fused-ring (bicyclic) bond motifs is 3. The second kappa shape index (κ2) is 7.76. The van der Waals surface area contributed by atoms with Crippen LogP contribution in [0, 0.1) is 13.8 Å². The zero-order chi connectivity index (χ0) is 22.4. The molecule has 0 amide bonds. The fourth-order valence-electron chi connectivity index (χ4n) is 4.07. The summed E-state index contributed by atoms with van der Waals surface area (Å²) in [7, 11) is 0. The number of aromatic nitrogens is 3.